The van der Waals surface area contributed by atoms with Gasteiger partial charge in [-0.2, -0.15) is 0 Å². The second-order valence-corrected chi connectivity index (χ2v) is 8.11. The van der Waals surface area contributed by atoms with Crippen molar-refractivity contribution < 1.29 is 24.0 Å². The van der Waals surface area contributed by atoms with E-state index in [0.29, 0.717) is 46.1 Å². The molecular weight excluding hydrogens is 452 g/mol. The third-order valence-electron chi connectivity index (χ3n) is 5.70. The average Bonchev–Trinajstić information content (AvgIpc) is 2.82. The van der Waals surface area contributed by atoms with Crippen LogP contribution < -0.4 is 11.1 Å². The SMILES string of the molecule is CC(OC(=O)c1c2c(nc3ccccc13)C(=Cc1cccc([N+](=O)[O-])c1)CCC2)C(=O)NC(N)=O. The summed E-state index contributed by atoms with van der Waals surface area (Å²) in [5.74, 6) is -1.55. The van der Waals surface area contributed by atoms with E-state index in [1.807, 2.05) is 11.4 Å². The quantitative estimate of drug-likeness (QED) is 0.324. The summed E-state index contributed by atoms with van der Waals surface area (Å²) >= 11 is 0. The minimum atomic E-state index is -1.25. The Labute approximate surface area is 199 Å². The summed E-state index contributed by atoms with van der Waals surface area (Å²) < 4.78 is 5.39. The average molecular weight is 474 g/mol. The Hall–Kier alpha value is -4.60. The lowest BCUT2D eigenvalue weighted by atomic mass is 9.86. The number of rotatable bonds is 5. The number of amides is 3. The first kappa shape index (κ1) is 23.6. The fourth-order valence-electron chi connectivity index (χ4n) is 4.13. The molecule has 0 saturated carbocycles. The number of aromatic nitrogens is 1. The number of imide groups is 1. The molecular formula is C25H22N4O6. The molecule has 1 aliphatic carbocycles. The number of benzene rings is 2. The highest BCUT2D eigenvalue weighted by molar-refractivity contribution is 6.07. The van der Waals surface area contributed by atoms with Gasteiger partial charge in [0, 0.05) is 17.5 Å². The molecule has 178 valence electrons. The van der Waals surface area contributed by atoms with Crippen LogP contribution in [0.3, 0.4) is 0 Å². The highest BCUT2D eigenvalue weighted by Crippen LogP contribution is 2.36. The van der Waals surface area contributed by atoms with Crippen molar-refractivity contribution in [3.05, 3.63) is 81.0 Å². The molecule has 1 aromatic heterocycles. The molecule has 1 atom stereocenters. The zero-order valence-electron chi connectivity index (χ0n) is 18.8. The van der Waals surface area contributed by atoms with Crippen molar-refractivity contribution in [2.24, 2.45) is 5.73 Å². The van der Waals surface area contributed by atoms with E-state index in [0.717, 1.165) is 12.0 Å². The number of fused-ring (bicyclic) bond motifs is 2. The molecule has 3 amide bonds. The van der Waals surface area contributed by atoms with E-state index in [4.69, 9.17) is 15.5 Å². The van der Waals surface area contributed by atoms with Gasteiger partial charge in [0.15, 0.2) is 6.10 Å². The Morgan fingerprint density at radius 2 is 1.94 bits per heavy atom. The van der Waals surface area contributed by atoms with Crippen LogP contribution in [0.5, 0.6) is 0 Å². The van der Waals surface area contributed by atoms with Crippen LogP contribution in [0.2, 0.25) is 0 Å². The highest BCUT2D eigenvalue weighted by atomic mass is 16.6. The number of primary amides is 1. The fraction of sp³-hybridized carbons (Fsp3) is 0.200. The van der Waals surface area contributed by atoms with Gasteiger partial charge in [-0.25, -0.2) is 14.6 Å². The highest BCUT2D eigenvalue weighted by Gasteiger charge is 2.28. The Morgan fingerprint density at radius 1 is 1.17 bits per heavy atom. The summed E-state index contributed by atoms with van der Waals surface area (Å²) in [6, 6.07) is 12.4. The molecule has 10 nitrogen and oxygen atoms in total. The molecule has 1 aliphatic rings. The summed E-state index contributed by atoms with van der Waals surface area (Å²) in [5, 5.41) is 13.6. The first-order chi connectivity index (χ1) is 16.7. The minimum absolute atomic E-state index is 0.0191. The van der Waals surface area contributed by atoms with Crippen LogP contribution in [0.1, 0.15) is 46.9 Å². The number of hydrogen-bond acceptors (Lipinski definition) is 7. The monoisotopic (exact) mass is 474 g/mol. The molecule has 10 heteroatoms. The normalized spacial score (nSPS) is 14.7. The molecule has 0 aliphatic heterocycles. The van der Waals surface area contributed by atoms with Crippen molar-refractivity contribution in [2.45, 2.75) is 32.3 Å². The molecule has 0 saturated heterocycles. The van der Waals surface area contributed by atoms with Gasteiger partial charge in [-0.1, -0.05) is 30.3 Å². The van der Waals surface area contributed by atoms with Crippen molar-refractivity contribution in [1.29, 1.82) is 0 Å². The molecule has 35 heavy (non-hydrogen) atoms. The maximum Gasteiger partial charge on any atom is 0.339 e. The Kier molecular flexibility index (Phi) is 6.54. The van der Waals surface area contributed by atoms with Crippen LogP contribution in [-0.4, -0.2) is 33.9 Å². The lowest BCUT2D eigenvalue weighted by molar-refractivity contribution is -0.384. The lowest BCUT2D eigenvalue weighted by Gasteiger charge is -2.23. The van der Waals surface area contributed by atoms with Crippen molar-refractivity contribution in [2.75, 3.05) is 0 Å². The van der Waals surface area contributed by atoms with Crippen LogP contribution in [0.4, 0.5) is 10.5 Å². The molecule has 3 aromatic rings. The second kappa shape index (κ2) is 9.72. The van der Waals surface area contributed by atoms with Crippen molar-refractivity contribution >= 4 is 46.1 Å². The van der Waals surface area contributed by atoms with Gasteiger partial charge >= 0.3 is 12.0 Å². The van der Waals surface area contributed by atoms with Gasteiger partial charge in [0.05, 0.1) is 21.7 Å². The summed E-state index contributed by atoms with van der Waals surface area (Å²) in [6.07, 6.45) is 2.55. The summed E-state index contributed by atoms with van der Waals surface area (Å²) in [7, 11) is 0. The number of ether oxygens (including phenoxy) is 1. The molecule has 0 spiro atoms. The van der Waals surface area contributed by atoms with Gasteiger partial charge < -0.3 is 10.5 Å². The van der Waals surface area contributed by atoms with Gasteiger partial charge in [-0.05, 0) is 55.0 Å². The number of non-ortho nitro benzene ring substituents is 1. The van der Waals surface area contributed by atoms with Gasteiger partial charge in [-0.3, -0.25) is 20.2 Å². The maximum atomic E-state index is 13.3. The predicted molar refractivity (Wildman–Crippen MR) is 128 cm³/mol. The number of carbonyl (C=O) groups excluding carboxylic acids is 3. The molecule has 0 bridgehead atoms. The van der Waals surface area contributed by atoms with Gasteiger partial charge in [-0.15, -0.1) is 0 Å². The van der Waals surface area contributed by atoms with Crippen LogP contribution in [0.25, 0.3) is 22.6 Å². The molecule has 1 unspecified atom stereocenters. The number of nitrogens with one attached hydrogen (secondary N) is 1. The standard InChI is InChI=1S/C25H22N4O6/c1-14(23(30)28-25(26)32)35-24(31)21-18-9-2-3-11-20(18)27-22-16(7-5-10-19(21)22)12-15-6-4-8-17(13-15)29(33)34/h2-4,6,8-9,11-14H,5,7,10H2,1H3,(H3,26,28,30,32). The zero-order chi connectivity index (χ0) is 25.1. The number of allylic oxidation sites excluding steroid dienone is 1. The Morgan fingerprint density at radius 3 is 2.69 bits per heavy atom. The van der Waals surface area contributed by atoms with Crippen LogP contribution >= 0.6 is 0 Å². The fourth-order valence-corrected chi connectivity index (χ4v) is 4.13. The molecule has 0 fully saturated rings. The number of nitro benzene ring substituents is 1. The molecule has 2 aromatic carbocycles. The number of urea groups is 1. The Bertz CT molecular complexity index is 1400. The third-order valence-corrected chi connectivity index (χ3v) is 5.70. The van der Waals surface area contributed by atoms with E-state index in [1.165, 1.54) is 19.1 Å². The van der Waals surface area contributed by atoms with Gasteiger partial charge in [0.2, 0.25) is 0 Å². The minimum Gasteiger partial charge on any atom is -0.449 e. The van der Waals surface area contributed by atoms with Crippen LogP contribution in [0.15, 0.2) is 48.5 Å². The van der Waals surface area contributed by atoms with Gasteiger partial charge in [0.25, 0.3) is 11.6 Å². The number of hydrogen-bond donors (Lipinski definition) is 2. The molecule has 3 N–H and O–H groups in total. The Balaban J connectivity index is 1.80. The van der Waals surface area contributed by atoms with Crippen LogP contribution in [-0.2, 0) is 16.0 Å². The van der Waals surface area contributed by atoms with E-state index in [-0.39, 0.29) is 5.69 Å². The third kappa shape index (κ3) is 5.01. The smallest absolute Gasteiger partial charge is 0.339 e. The number of esters is 1. The predicted octanol–water partition coefficient (Wildman–Crippen LogP) is 3.76. The first-order valence-corrected chi connectivity index (χ1v) is 10.9. The van der Waals surface area contributed by atoms with Crippen molar-refractivity contribution in [1.82, 2.24) is 10.3 Å². The number of carbonyl (C=O) groups is 3. The van der Waals surface area contributed by atoms with E-state index in [9.17, 15) is 24.5 Å². The summed E-state index contributed by atoms with van der Waals surface area (Å²) in [6.45, 7) is 1.35. The summed E-state index contributed by atoms with van der Waals surface area (Å²) in [5.41, 5.74) is 8.61. The number of nitrogens with zero attached hydrogens (tertiary/aromatic N) is 2. The second-order valence-electron chi connectivity index (χ2n) is 8.11. The van der Waals surface area contributed by atoms with Gasteiger partial charge in [0.1, 0.15) is 0 Å². The first-order valence-electron chi connectivity index (χ1n) is 10.9. The van der Waals surface area contributed by atoms with E-state index < -0.39 is 28.9 Å². The largest absolute Gasteiger partial charge is 0.449 e. The van der Waals surface area contributed by atoms with E-state index >= 15 is 0 Å². The molecule has 4 rings (SSSR count). The topological polar surface area (TPSA) is 155 Å². The zero-order valence-corrected chi connectivity index (χ0v) is 18.8. The maximum absolute atomic E-state index is 13.3. The lowest BCUT2D eigenvalue weighted by Crippen LogP contribution is -2.42. The van der Waals surface area contributed by atoms with Crippen LogP contribution in [0, 0.1) is 10.1 Å². The van der Waals surface area contributed by atoms with Crippen molar-refractivity contribution in [3.63, 3.8) is 0 Å². The number of para-hydroxylation sites is 1. The summed E-state index contributed by atoms with van der Waals surface area (Å²) in [4.78, 5) is 51.8. The number of nitrogens with two attached hydrogens (primary N) is 1. The molecule has 1 heterocycles. The van der Waals surface area contributed by atoms with E-state index in [1.54, 1.807) is 36.4 Å². The number of pyridine rings is 1. The van der Waals surface area contributed by atoms with E-state index in [2.05, 4.69) is 0 Å². The number of nitro groups is 1. The van der Waals surface area contributed by atoms with Crippen molar-refractivity contribution in [3.8, 4) is 0 Å². The molecule has 0 radical (unpaired) electrons.